The van der Waals surface area contributed by atoms with Crippen LogP contribution in [0.1, 0.15) is 44.0 Å². The van der Waals surface area contributed by atoms with E-state index in [1.165, 1.54) is 12.0 Å². The van der Waals surface area contributed by atoms with Crippen LogP contribution >= 0.6 is 0 Å². The predicted molar refractivity (Wildman–Crippen MR) is 80.6 cm³/mol. The first-order valence-electron chi connectivity index (χ1n) is 7.69. The Balaban J connectivity index is 1.51. The zero-order valence-electron chi connectivity index (χ0n) is 12.5. The molecule has 0 saturated heterocycles. The van der Waals surface area contributed by atoms with Crippen LogP contribution in [0.4, 0.5) is 0 Å². The Hall–Kier alpha value is -2.30. The zero-order chi connectivity index (χ0) is 14.9. The zero-order valence-corrected chi connectivity index (χ0v) is 12.5. The second kappa shape index (κ2) is 5.48. The average molecular weight is 298 g/mol. The maximum Gasteiger partial charge on any atom is 0.250 e. The summed E-state index contributed by atoms with van der Waals surface area (Å²) in [5.74, 6) is 3.31. The van der Waals surface area contributed by atoms with E-state index >= 15 is 0 Å². The number of fused-ring (bicyclic) bond motifs is 1. The molecule has 2 aromatic rings. The first kappa shape index (κ1) is 13.4. The van der Waals surface area contributed by atoms with Crippen molar-refractivity contribution in [2.45, 2.75) is 32.3 Å². The van der Waals surface area contributed by atoms with Crippen LogP contribution in [0.3, 0.4) is 0 Å². The average Bonchev–Trinajstić information content (AvgIpc) is 3.16. The van der Waals surface area contributed by atoms with Crippen molar-refractivity contribution in [2.75, 3.05) is 6.61 Å². The largest absolute Gasteiger partial charge is 0.485 e. The fourth-order valence-corrected chi connectivity index (χ4v) is 2.97. The van der Waals surface area contributed by atoms with Gasteiger partial charge in [-0.3, -0.25) is 0 Å². The molecule has 5 heteroatoms. The number of para-hydroxylation sites is 2. The van der Waals surface area contributed by atoms with E-state index in [2.05, 4.69) is 17.1 Å². The molecule has 4 rings (SSSR count). The maximum atomic E-state index is 5.89. The lowest BCUT2D eigenvalue weighted by atomic mass is 10.1. The topological polar surface area (TPSA) is 57.4 Å². The SMILES string of the molecule is CC1CC/C(=C/c2nc(C3COc4ccccc4O3)no2)C1. The van der Waals surface area contributed by atoms with E-state index in [-0.39, 0.29) is 6.10 Å². The summed E-state index contributed by atoms with van der Waals surface area (Å²) in [5.41, 5.74) is 1.38. The summed E-state index contributed by atoms with van der Waals surface area (Å²) < 4.78 is 16.9. The van der Waals surface area contributed by atoms with Crippen molar-refractivity contribution in [1.29, 1.82) is 0 Å². The fraction of sp³-hybridized carbons (Fsp3) is 0.412. The Morgan fingerprint density at radius 1 is 1.23 bits per heavy atom. The molecule has 1 aliphatic carbocycles. The van der Waals surface area contributed by atoms with Gasteiger partial charge in [0, 0.05) is 6.08 Å². The van der Waals surface area contributed by atoms with Crippen LogP contribution in [0.15, 0.2) is 34.4 Å². The highest BCUT2D eigenvalue weighted by molar-refractivity contribution is 5.45. The smallest absolute Gasteiger partial charge is 0.250 e. The van der Waals surface area contributed by atoms with Gasteiger partial charge in [0.05, 0.1) is 0 Å². The molecule has 22 heavy (non-hydrogen) atoms. The summed E-state index contributed by atoms with van der Waals surface area (Å²) in [5, 5.41) is 4.04. The number of nitrogens with zero attached hydrogens (tertiary/aromatic N) is 2. The molecule has 0 bridgehead atoms. The molecule has 1 aromatic carbocycles. The minimum absolute atomic E-state index is 0.326. The Kier molecular flexibility index (Phi) is 3.33. The standard InChI is InChI=1S/C17H18N2O3/c1-11-6-7-12(8-11)9-16-18-17(19-22-16)15-10-20-13-4-2-3-5-14(13)21-15/h2-5,9,11,15H,6-8,10H2,1H3/b12-9-. The third kappa shape index (κ3) is 2.58. The third-order valence-electron chi connectivity index (χ3n) is 4.15. The summed E-state index contributed by atoms with van der Waals surface area (Å²) >= 11 is 0. The molecule has 1 aliphatic heterocycles. The van der Waals surface area contributed by atoms with Gasteiger partial charge in [0.2, 0.25) is 5.82 Å². The minimum Gasteiger partial charge on any atom is -0.485 e. The molecule has 1 aromatic heterocycles. The van der Waals surface area contributed by atoms with Crippen molar-refractivity contribution >= 4 is 6.08 Å². The number of allylic oxidation sites excluding steroid dienone is 1. The van der Waals surface area contributed by atoms with Crippen LogP contribution in [0.5, 0.6) is 11.5 Å². The molecule has 1 saturated carbocycles. The van der Waals surface area contributed by atoms with Crippen molar-refractivity contribution in [3.05, 3.63) is 41.6 Å². The van der Waals surface area contributed by atoms with Crippen molar-refractivity contribution in [2.24, 2.45) is 5.92 Å². The molecule has 114 valence electrons. The van der Waals surface area contributed by atoms with Crippen LogP contribution in [0.2, 0.25) is 0 Å². The molecule has 0 N–H and O–H groups in total. The predicted octanol–water partition coefficient (Wildman–Crippen LogP) is 3.79. The number of hydrogen-bond donors (Lipinski definition) is 0. The van der Waals surface area contributed by atoms with Gasteiger partial charge < -0.3 is 14.0 Å². The number of benzene rings is 1. The van der Waals surface area contributed by atoms with Gasteiger partial charge in [-0.25, -0.2) is 0 Å². The summed E-state index contributed by atoms with van der Waals surface area (Å²) in [6.45, 7) is 2.66. The lowest BCUT2D eigenvalue weighted by Crippen LogP contribution is -2.22. The van der Waals surface area contributed by atoms with E-state index in [0.29, 0.717) is 24.1 Å². The number of hydrogen-bond acceptors (Lipinski definition) is 5. The van der Waals surface area contributed by atoms with Gasteiger partial charge in [0.15, 0.2) is 17.6 Å². The Morgan fingerprint density at radius 3 is 2.91 bits per heavy atom. The molecule has 5 nitrogen and oxygen atoms in total. The molecule has 0 radical (unpaired) electrons. The lowest BCUT2D eigenvalue weighted by molar-refractivity contribution is 0.0832. The molecule has 0 amide bonds. The number of ether oxygens (including phenoxy) is 2. The van der Waals surface area contributed by atoms with Gasteiger partial charge in [-0.05, 0) is 37.3 Å². The molecule has 2 atom stereocenters. The molecule has 2 heterocycles. The highest BCUT2D eigenvalue weighted by atomic mass is 16.6. The Bertz CT molecular complexity index is 707. The molecule has 2 aliphatic rings. The van der Waals surface area contributed by atoms with Crippen LogP contribution in [-0.2, 0) is 0 Å². The summed E-state index contributed by atoms with van der Waals surface area (Å²) in [6.07, 6.45) is 5.16. The van der Waals surface area contributed by atoms with E-state index < -0.39 is 0 Å². The second-order valence-corrected chi connectivity index (χ2v) is 6.01. The van der Waals surface area contributed by atoms with Crippen LogP contribution in [-0.4, -0.2) is 16.7 Å². The van der Waals surface area contributed by atoms with E-state index in [4.69, 9.17) is 14.0 Å². The van der Waals surface area contributed by atoms with Gasteiger partial charge >= 0.3 is 0 Å². The van der Waals surface area contributed by atoms with Crippen molar-refractivity contribution in [1.82, 2.24) is 10.1 Å². The number of rotatable bonds is 2. The third-order valence-corrected chi connectivity index (χ3v) is 4.15. The quantitative estimate of drug-likeness (QED) is 0.844. The van der Waals surface area contributed by atoms with E-state index in [1.807, 2.05) is 30.3 Å². The van der Waals surface area contributed by atoms with Crippen molar-refractivity contribution in [3.8, 4) is 11.5 Å². The minimum atomic E-state index is -0.326. The van der Waals surface area contributed by atoms with Gasteiger partial charge in [-0.15, -0.1) is 0 Å². The monoisotopic (exact) mass is 298 g/mol. The fourth-order valence-electron chi connectivity index (χ4n) is 2.97. The Morgan fingerprint density at radius 2 is 2.09 bits per heavy atom. The summed E-state index contributed by atoms with van der Waals surface area (Å²) in [7, 11) is 0. The molecule has 2 unspecified atom stereocenters. The normalized spacial score (nSPS) is 25.6. The van der Waals surface area contributed by atoms with Crippen molar-refractivity contribution < 1.29 is 14.0 Å². The summed E-state index contributed by atoms with van der Waals surface area (Å²) in [6, 6.07) is 7.60. The van der Waals surface area contributed by atoms with Gasteiger partial charge in [-0.1, -0.05) is 29.8 Å². The summed E-state index contributed by atoms with van der Waals surface area (Å²) in [4.78, 5) is 4.44. The first-order chi connectivity index (χ1) is 10.8. The van der Waals surface area contributed by atoms with E-state index in [9.17, 15) is 0 Å². The maximum absolute atomic E-state index is 5.89. The van der Waals surface area contributed by atoms with E-state index in [0.717, 1.165) is 24.5 Å². The highest BCUT2D eigenvalue weighted by Crippen LogP contribution is 2.35. The molecule has 1 fully saturated rings. The van der Waals surface area contributed by atoms with Crippen molar-refractivity contribution in [3.63, 3.8) is 0 Å². The molecule has 0 spiro atoms. The molecular weight excluding hydrogens is 280 g/mol. The van der Waals surface area contributed by atoms with Gasteiger partial charge in [-0.2, -0.15) is 4.98 Å². The first-order valence-corrected chi connectivity index (χ1v) is 7.69. The lowest BCUT2D eigenvalue weighted by Gasteiger charge is -2.24. The second-order valence-electron chi connectivity index (χ2n) is 6.01. The van der Waals surface area contributed by atoms with Crippen LogP contribution in [0, 0.1) is 5.92 Å². The van der Waals surface area contributed by atoms with Gasteiger partial charge in [0.25, 0.3) is 5.89 Å². The number of aromatic nitrogens is 2. The van der Waals surface area contributed by atoms with E-state index in [1.54, 1.807) is 0 Å². The Labute approximate surface area is 128 Å². The van der Waals surface area contributed by atoms with Gasteiger partial charge in [0.1, 0.15) is 6.61 Å². The molecular formula is C17H18N2O3. The van der Waals surface area contributed by atoms with Crippen LogP contribution in [0.25, 0.3) is 6.08 Å². The highest BCUT2D eigenvalue weighted by Gasteiger charge is 2.26. The van der Waals surface area contributed by atoms with Crippen LogP contribution < -0.4 is 9.47 Å².